The van der Waals surface area contributed by atoms with Crippen LogP contribution in [0, 0.1) is 37.5 Å². The molecule has 0 spiro atoms. The lowest BCUT2D eigenvalue weighted by molar-refractivity contribution is -0.160. The number of ketones is 1. The number of aliphatic hydroxyl groups is 2. The number of aromatic hydroxyl groups is 3. The summed E-state index contributed by atoms with van der Waals surface area (Å²) < 4.78 is 23.6. The summed E-state index contributed by atoms with van der Waals surface area (Å²) in [6.07, 6.45) is 4.74. The number of phenolic OH excluding ortho intramolecular Hbond substituents is 3. The third-order valence-electron chi connectivity index (χ3n) is 11.4. The topological polar surface area (TPSA) is 214 Å². The van der Waals surface area contributed by atoms with Gasteiger partial charge in [-0.15, -0.1) is 0 Å². The zero-order chi connectivity index (χ0) is 43.7. The number of phenols is 3. The van der Waals surface area contributed by atoms with Crippen molar-refractivity contribution in [3.8, 4) is 23.0 Å². The second kappa shape index (κ2) is 17.7. The Morgan fingerprint density at radius 2 is 1.63 bits per heavy atom. The molecule has 0 unspecified atom stereocenters. The van der Waals surface area contributed by atoms with E-state index in [1.807, 2.05) is 13.0 Å². The number of carbonyl (C=O) groups is 3. The number of aliphatic hydroxyl groups excluding tert-OH is 2. The van der Waals surface area contributed by atoms with Crippen LogP contribution in [0.2, 0.25) is 0 Å². The maximum Gasteiger partial charge on any atom is 0.312 e. The highest BCUT2D eigenvalue weighted by atomic mass is 16.7. The number of hydrogen-bond acceptors (Lipinski definition) is 13. The van der Waals surface area contributed by atoms with Crippen molar-refractivity contribution in [2.75, 3.05) is 12.4 Å². The smallest absolute Gasteiger partial charge is 0.312 e. The highest BCUT2D eigenvalue weighted by Crippen LogP contribution is 2.55. The van der Waals surface area contributed by atoms with Gasteiger partial charge in [0.2, 0.25) is 0 Å². The molecular formula is C45H54N2O12. The molecule has 0 radical (unpaired) electrons. The minimum atomic E-state index is -2.05. The molecule has 1 amide bonds. The summed E-state index contributed by atoms with van der Waals surface area (Å²) in [6, 6.07) is 7.15. The lowest BCUT2D eigenvalue weighted by atomic mass is 9.78. The maximum atomic E-state index is 14.4. The predicted molar refractivity (Wildman–Crippen MR) is 222 cm³/mol. The van der Waals surface area contributed by atoms with E-state index in [0.717, 1.165) is 5.56 Å². The summed E-state index contributed by atoms with van der Waals surface area (Å²) in [6.45, 7) is 14.3. The summed E-state index contributed by atoms with van der Waals surface area (Å²) in [5.41, 5.74) is 0.925. The molecule has 316 valence electrons. The van der Waals surface area contributed by atoms with Crippen LogP contribution >= 0.6 is 0 Å². The van der Waals surface area contributed by atoms with Crippen molar-refractivity contribution in [3.63, 3.8) is 0 Å². The number of nitrogens with zero attached hydrogens (tertiary/aromatic N) is 1. The molecule has 59 heavy (non-hydrogen) atoms. The molecule has 0 aliphatic carbocycles. The number of hydrogen-bond donors (Lipinski definition) is 6. The van der Waals surface area contributed by atoms with Gasteiger partial charge in [0, 0.05) is 67.4 Å². The number of benzene rings is 3. The van der Waals surface area contributed by atoms with E-state index in [2.05, 4.69) is 10.3 Å². The minimum Gasteiger partial charge on any atom is -0.507 e. The number of amides is 1. The number of methoxy groups -OCH3 is 1. The number of rotatable bonds is 4. The molecule has 3 aromatic carbocycles. The zero-order valence-corrected chi connectivity index (χ0v) is 34.9. The summed E-state index contributed by atoms with van der Waals surface area (Å²) in [5, 5.41) is 60.4. The summed E-state index contributed by atoms with van der Waals surface area (Å²) in [5.74, 6) is -8.49. The highest BCUT2D eigenvalue weighted by molar-refractivity contribution is 6.24. The van der Waals surface area contributed by atoms with Gasteiger partial charge in [-0.05, 0) is 44.5 Å². The molecule has 0 saturated heterocycles. The molecule has 3 aromatic rings. The average molecular weight is 815 g/mol. The van der Waals surface area contributed by atoms with Crippen LogP contribution in [0.15, 0.2) is 65.4 Å². The standard InChI is InChI=1S/C45H54N2O12/c1-21-13-11-16-29(19-21)46-20-30-35-40(53)33-32(39(30)52)34-42(27(7)38(33)51)59-45(9,43(34)54)57-18-17-31(56-10)24(4)41(58-28(8)48)26(6)37(50)25(5)36(49)22(2)14-12-15-23(3)44(55)47-35/h11-20,22,24-26,31,36-37,41,49-53H,1-10H3,(H,47,55)/b14-12+,18-17+,23-15-,46-20?/t22-,24+,25+,26+,31-,36-,37+,41+,45-/m0/s1. The van der Waals surface area contributed by atoms with E-state index < -0.39 is 88.8 Å². The van der Waals surface area contributed by atoms with Gasteiger partial charge in [-0.3, -0.25) is 19.4 Å². The van der Waals surface area contributed by atoms with Gasteiger partial charge in [0.05, 0.1) is 52.5 Å². The molecule has 3 heterocycles. The SMILES string of the molecule is CO[C@H]1/C=C/O[C@@]2(C)Oc3c(C)c(O)c4c(O)c(c(C=Nc5cccc(C)c5)c(O)c4c3C2=O)NC(=O)/C(C)=C\C=C\[C@H](C)[C@H](O)[C@@H](C)[C@@H](O)[C@@H](C)[C@H](OC(C)=O)[C@@H]1C. The fraction of sp³-hybridized carbons (Fsp3) is 0.422. The molecule has 0 fully saturated rings. The van der Waals surface area contributed by atoms with Crippen LogP contribution in [0.4, 0.5) is 11.4 Å². The lowest BCUT2D eigenvalue weighted by Gasteiger charge is -2.38. The molecule has 9 atom stereocenters. The number of anilines is 1. The van der Waals surface area contributed by atoms with Crippen molar-refractivity contribution in [2.24, 2.45) is 28.7 Å². The van der Waals surface area contributed by atoms with E-state index in [4.69, 9.17) is 18.9 Å². The Hall–Kier alpha value is -5.70. The van der Waals surface area contributed by atoms with E-state index in [9.17, 15) is 39.9 Å². The van der Waals surface area contributed by atoms with Crippen LogP contribution in [0.1, 0.15) is 75.5 Å². The number of fused-ring (bicyclic) bond motifs is 14. The Bertz CT molecular complexity index is 2260. The van der Waals surface area contributed by atoms with E-state index in [1.54, 1.807) is 58.0 Å². The van der Waals surface area contributed by atoms with E-state index in [1.165, 1.54) is 59.4 Å². The Kier molecular flexibility index (Phi) is 13.3. The molecule has 6 N–H and O–H groups in total. The fourth-order valence-corrected chi connectivity index (χ4v) is 7.72. The Balaban J connectivity index is 1.73. The average Bonchev–Trinajstić information content (AvgIpc) is 3.46. The van der Waals surface area contributed by atoms with Crippen molar-refractivity contribution in [1.82, 2.24) is 0 Å². The van der Waals surface area contributed by atoms with Gasteiger partial charge in [-0.2, -0.15) is 0 Å². The minimum absolute atomic E-state index is 0.0442. The van der Waals surface area contributed by atoms with Gasteiger partial charge < -0.3 is 49.8 Å². The zero-order valence-electron chi connectivity index (χ0n) is 34.9. The van der Waals surface area contributed by atoms with Crippen LogP contribution in [0.25, 0.3) is 10.8 Å². The first-order valence-corrected chi connectivity index (χ1v) is 19.4. The normalized spacial score (nSPS) is 30.1. The van der Waals surface area contributed by atoms with Crippen LogP contribution in [0.3, 0.4) is 0 Å². The molecule has 14 heteroatoms. The number of aryl methyl sites for hydroxylation is 1. The van der Waals surface area contributed by atoms with E-state index in [-0.39, 0.29) is 44.5 Å². The van der Waals surface area contributed by atoms with Crippen molar-refractivity contribution >= 4 is 46.0 Å². The maximum absolute atomic E-state index is 14.4. The van der Waals surface area contributed by atoms with Gasteiger partial charge in [-0.1, -0.05) is 58.1 Å². The third-order valence-corrected chi connectivity index (χ3v) is 11.4. The Morgan fingerprint density at radius 1 is 0.932 bits per heavy atom. The highest BCUT2D eigenvalue weighted by Gasteiger charge is 2.50. The number of esters is 1. The van der Waals surface area contributed by atoms with Crippen molar-refractivity contribution in [1.29, 1.82) is 0 Å². The lowest BCUT2D eigenvalue weighted by Crippen LogP contribution is -2.46. The molecule has 6 rings (SSSR count). The molecular weight excluding hydrogens is 760 g/mol. The number of Topliss-reactive ketones (excluding diaryl/α,β-unsaturated/α-hetero) is 1. The molecule has 5 bridgehead atoms. The molecule has 3 aliphatic heterocycles. The van der Waals surface area contributed by atoms with E-state index >= 15 is 0 Å². The molecule has 3 aliphatic rings. The van der Waals surface area contributed by atoms with Crippen molar-refractivity contribution in [3.05, 3.63) is 82.7 Å². The second-order valence-electron chi connectivity index (χ2n) is 15.7. The monoisotopic (exact) mass is 814 g/mol. The number of ether oxygens (including phenoxy) is 4. The van der Waals surface area contributed by atoms with Gasteiger partial charge in [0.25, 0.3) is 11.7 Å². The van der Waals surface area contributed by atoms with Gasteiger partial charge in [0.15, 0.2) is 5.75 Å². The van der Waals surface area contributed by atoms with Crippen LogP contribution in [0.5, 0.6) is 23.0 Å². The Labute approximate surface area is 343 Å². The van der Waals surface area contributed by atoms with Crippen LogP contribution in [-0.2, 0) is 23.8 Å². The number of carbonyl (C=O) groups excluding carboxylic acids is 3. The number of nitrogens with one attached hydrogen (secondary N) is 1. The fourth-order valence-electron chi connectivity index (χ4n) is 7.72. The first-order valence-electron chi connectivity index (χ1n) is 19.4. The largest absolute Gasteiger partial charge is 0.507 e. The first-order chi connectivity index (χ1) is 27.7. The first kappa shape index (κ1) is 44.4. The predicted octanol–water partition coefficient (Wildman–Crippen LogP) is 6.81. The number of aliphatic imine (C=N–C) groups is 1. The summed E-state index contributed by atoms with van der Waals surface area (Å²) in [7, 11) is 1.43. The van der Waals surface area contributed by atoms with Crippen LogP contribution < -0.4 is 10.1 Å². The third kappa shape index (κ3) is 8.70. The number of allylic oxidation sites excluding steroid dienone is 2. The summed E-state index contributed by atoms with van der Waals surface area (Å²) >= 11 is 0. The molecule has 14 nitrogen and oxygen atoms in total. The van der Waals surface area contributed by atoms with Crippen LogP contribution in [-0.4, -0.2) is 86.7 Å². The van der Waals surface area contributed by atoms with Crippen molar-refractivity contribution in [2.45, 2.75) is 92.5 Å². The molecule has 0 saturated carbocycles. The quantitative estimate of drug-likeness (QED) is 0.0694. The summed E-state index contributed by atoms with van der Waals surface area (Å²) in [4.78, 5) is 45.0. The van der Waals surface area contributed by atoms with Crippen molar-refractivity contribution < 1.29 is 58.9 Å². The van der Waals surface area contributed by atoms with Gasteiger partial charge in [-0.25, -0.2) is 0 Å². The second-order valence-corrected chi connectivity index (χ2v) is 15.7. The van der Waals surface area contributed by atoms with E-state index in [0.29, 0.717) is 5.69 Å². The molecule has 0 aromatic heterocycles. The van der Waals surface area contributed by atoms with Gasteiger partial charge in [0.1, 0.15) is 23.4 Å². The van der Waals surface area contributed by atoms with Gasteiger partial charge >= 0.3 is 11.8 Å². The Morgan fingerprint density at radius 3 is 2.27 bits per heavy atom.